The zero-order chi connectivity index (χ0) is 17.5. The van der Waals surface area contributed by atoms with Crippen molar-refractivity contribution in [1.82, 2.24) is 0 Å². The normalized spacial score (nSPS) is 10.3. The van der Waals surface area contributed by atoms with Crippen LogP contribution >= 0.6 is 11.6 Å². The fourth-order valence-electron chi connectivity index (χ4n) is 2.20. The SMILES string of the molecule is CCOc1cc(CNc2cccc([N+](=O)[O-])c2)cc(Cl)c1OCC. The Kier molecular flexibility index (Phi) is 6.26. The zero-order valence-corrected chi connectivity index (χ0v) is 14.3. The molecule has 0 atom stereocenters. The van der Waals surface area contributed by atoms with E-state index in [1.54, 1.807) is 18.2 Å². The number of hydrogen-bond donors (Lipinski definition) is 1. The Hall–Kier alpha value is -2.47. The lowest BCUT2D eigenvalue weighted by molar-refractivity contribution is -0.384. The lowest BCUT2D eigenvalue weighted by atomic mass is 10.2. The number of hydrogen-bond acceptors (Lipinski definition) is 5. The predicted molar refractivity (Wildman–Crippen MR) is 94.2 cm³/mol. The predicted octanol–water partition coefficient (Wildman–Crippen LogP) is 4.66. The monoisotopic (exact) mass is 350 g/mol. The van der Waals surface area contributed by atoms with E-state index in [1.165, 1.54) is 12.1 Å². The van der Waals surface area contributed by atoms with Gasteiger partial charge in [-0.2, -0.15) is 0 Å². The van der Waals surface area contributed by atoms with Gasteiger partial charge in [0.15, 0.2) is 11.5 Å². The minimum Gasteiger partial charge on any atom is -0.490 e. The molecule has 24 heavy (non-hydrogen) atoms. The zero-order valence-electron chi connectivity index (χ0n) is 13.5. The second kappa shape index (κ2) is 8.40. The number of non-ortho nitro benzene ring substituents is 1. The standard InChI is InChI=1S/C17H19ClN2O4/c1-3-23-16-9-12(8-15(18)17(16)24-4-2)11-19-13-6-5-7-14(10-13)20(21)22/h5-10,19H,3-4,11H2,1-2H3. The molecule has 0 amide bonds. The first-order chi connectivity index (χ1) is 11.5. The molecule has 0 saturated heterocycles. The molecule has 0 spiro atoms. The summed E-state index contributed by atoms with van der Waals surface area (Å²) in [4.78, 5) is 10.4. The summed E-state index contributed by atoms with van der Waals surface area (Å²) < 4.78 is 11.1. The molecule has 2 aromatic rings. The maximum Gasteiger partial charge on any atom is 0.271 e. The first-order valence-electron chi connectivity index (χ1n) is 7.61. The van der Waals surface area contributed by atoms with Crippen molar-refractivity contribution in [3.05, 3.63) is 57.1 Å². The fraction of sp³-hybridized carbons (Fsp3) is 0.294. The van der Waals surface area contributed by atoms with Gasteiger partial charge in [-0.1, -0.05) is 17.7 Å². The van der Waals surface area contributed by atoms with E-state index in [2.05, 4.69) is 5.32 Å². The van der Waals surface area contributed by atoms with Gasteiger partial charge in [-0.3, -0.25) is 10.1 Å². The van der Waals surface area contributed by atoms with Crippen molar-refractivity contribution in [2.24, 2.45) is 0 Å². The number of rotatable bonds is 8. The maximum atomic E-state index is 10.8. The number of nitrogens with one attached hydrogen (secondary N) is 1. The average Bonchev–Trinajstić information content (AvgIpc) is 2.56. The fourth-order valence-corrected chi connectivity index (χ4v) is 2.49. The summed E-state index contributed by atoms with van der Waals surface area (Å²) in [5.41, 5.74) is 1.59. The van der Waals surface area contributed by atoms with Gasteiger partial charge in [0.2, 0.25) is 0 Å². The molecule has 2 aromatic carbocycles. The van der Waals surface area contributed by atoms with Crippen LogP contribution in [0.15, 0.2) is 36.4 Å². The molecule has 0 aromatic heterocycles. The number of benzene rings is 2. The number of anilines is 1. The first kappa shape index (κ1) is 17.9. The summed E-state index contributed by atoms with van der Waals surface area (Å²) in [6.45, 7) is 5.21. The Morgan fingerprint density at radius 2 is 1.92 bits per heavy atom. The van der Waals surface area contributed by atoms with Crippen molar-refractivity contribution >= 4 is 23.0 Å². The van der Waals surface area contributed by atoms with Crippen LogP contribution in [0.4, 0.5) is 11.4 Å². The van der Waals surface area contributed by atoms with Crippen LogP contribution in [0.2, 0.25) is 5.02 Å². The highest BCUT2D eigenvalue weighted by Crippen LogP contribution is 2.37. The van der Waals surface area contributed by atoms with E-state index < -0.39 is 4.92 Å². The number of nitrogens with zero attached hydrogens (tertiary/aromatic N) is 1. The average molecular weight is 351 g/mol. The quantitative estimate of drug-likeness (QED) is 0.553. The molecule has 2 rings (SSSR count). The van der Waals surface area contributed by atoms with Crippen molar-refractivity contribution in [3.8, 4) is 11.5 Å². The summed E-state index contributed by atoms with van der Waals surface area (Å²) in [5, 5.41) is 14.4. The minimum atomic E-state index is -0.424. The molecule has 0 radical (unpaired) electrons. The summed E-state index contributed by atoms with van der Waals surface area (Å²) in [7, 11) is 0. The van der Waals surface area contributed by atoms with Crippen molar-refractivity contribution in [2.75, 3.05) is 18.5 Å². The van der Waals surface area contributed by atoms with Gasteiger partial charge in [0, 0.05) is 24.4 Å². The van der Waals surface area contributed by atoms with Gasteiger partial charge < -0.3 is 14.8 Å². The molecule has 128 valence electrons. The molecule has 0 aliphatic carbocycles. The van der Waals surface area contributed by atoms with Crippen LogP contribution in [0, 0.1) is 10.1 Å². The van der Waals surface area contributed by atoms with Crippen molar-refractivity contribution in [1.29, 1.82) is 0 Å². The molecule has 0 unspecified atom stereocenters. The number of nitro groups is 1. The Bertz CT molecular complexity index is 722. The van der Waals surface area contributed by atoms with Crippen LogP contribution in [-0.4, -0.2) is 18.1 Å². The highest BCUT2D eigenvalue weighted by atomic mass is 35.5. The van der Waals surface area contributed by atoms with Gasteiger partial charge in [-0.05, 0) is 37.6 Å². The largest absolute Gasteiger partial charge is 0.490 e. The van der Waals surface area contributed by atoms with E-state index in [-0.39, 0.29) is 5.69 Å². The molecule has 0 aliphatic heterocycles. The van der Waals surface area contributed by atoms with Crippen LogP contribution in [0.1, 0.15) is 19.4 Å². The Balaban J connectivity index is 2.17. The van der Waals surface area contributed by atoms with E-state index in [9.17, 15) is 10.1 Å². The Labute approximate surface area is 145 Å². The van der Waals surface area contributed by atoms with Crippen LogP contribution in [0.3, 0.4) is 0 Å². The van der Waals surface area contributed by atoms with E-state index in [0.717, 1.165) is 5.56 Å². The van der Waals surface area contributed by atoms with Gasteiger partial charge in [0.1, 0.15) is 0 Å². The van der Waals surface area contributed by atoms with E-state index >= 15 is 0 Å². The van der Waals surface area contributed by atoms with Gasteiger partial charge in [-0.25, -0.2) is 0 Å². The first-order valence-corrected chi connectivity index (χ1v) is 7.99. The van der Waals surface area contributed by atoms with Gasteiger partial charge in [0.25, 0.3) is 5.69 Å². The lowest BCUT2D eigenvalue weighted by Gasteiger charge is -2.15. The van der Waals surface area contributed by atoms with Gasteiger partial charge in [0.05, 0.1) is 23.2 Å². The Morgan fingerprint density at radius 1 is 1.17 bits per heavy atom. The van der Waals surface area contributed by atoms with E-state index in [0.29, 0.717) is 42.0 Å². The van der Waals surface area contributed by atoms with Crippen molar-refractivity contribution < 1.29 is 14.4 Å². The molecule has 0 heterocycles. The molecular weight excluding hydrogens is 332 g/mol. The second-order valence-electron chi connectivity index (χ2n) is 4.93. The molecule has 0 aliphatic rings. The summed E-state index contributed by atoms with van der Waals surface area (Å²) in [6.07, 6.45) is 0. The van der Waals surface area contributed by atoms with Crippen LogP contribution < -0.4 is 14.8 Å². The summed E-state index contributed by atoms with van der Waals surface area (Å²) >= 11 is 6.28. The highest BCUT2D eigenvalue weighted by molar-refractivity contribution is 6.32. The smallest absolute Gasteiger partial charge is 0.271 e. The van der Waals surface area contributed by atoms with E-state index in [4.69, 9.17) is 21.1 Å². The third-order valence-corrected chi connectivity index (χ3v) is 3.49. The van der Waals surface area contributed by atoms with Gasteiger partial charge in [-0.15, -0.1) is 0 Å². The molecule has 7 heteroatoms. The molecule has 6 nitrogen and oxygen atoms in total. The number of nitro benzene ring substituents is 1. The Morgan fingerprint density at radius 3 is 2.58 bits per heavy atom. The summed E-state index contributed by atoms with van der Waals surface area (Å²) in [6, 6.07) is 9.99. The van der Waals surface area contributed by atoms with Gasteiger partial charge >= 0.3 is 0 Å². The third-order valence-electron chi connectivity index (χ3n) is 3.21. The van der Waals surface area contributed by atoms with Crippen LogP contribution in [-0.2, 0) is 6.54 Å². The number of ether oxygens (including phenoxy) is 2. The van der Waals surface area contributed by atoms with Crippen molar-refractivity contribution in [2.45, 2.75) is 20.4 Å². The second-order valence-corrected chi connectivity index (χ2v) is 5.34. The van der Waals surface area contributed by atoms with Crippen molar-refractivity contribution in [3.63, 3.8) is 0 Å². The highest BCUT2D eigenvalue weighted by Gasteiger charge is 2.12. The molecule has 0 bridgehead atoms. The third kappa shape index (κ3) is 4.52. The molecular formula is C17H19ClN2O4. The van der Waals surface area contributed by atoms with E-state index in [1.807, 2.05) is 19.9 Å². The molecule has 1 N–H and O–H groups in total. The molecule has 0 saturated carbocycles. The van der Waals surface area contributed by atoms with Crippen LogP contribution in [0.25, 0.3) is 0 Å². The minimum absolute atomic E-state index is 0.0414. The molecule has 0 fully saturated rings. The lowest BCUT2D eigenvalue weighted by Crippen LogP contribution is -2.03. The maximum absolute atomic E-state index is 10.8. The summed E-state index contributed by atoms with van der Waals surface area (Å²) in [5.74, 6) is 1.11. The number of halogens is 1. The van der Waals surface area contributed by atoms with Crippen LogP contribution in [0.5, 0.6) is 11.5 Å². The topological polar surface area (TPSA) is 73.6 Å².